The highest BCUT2D eigenvalue weighted by Gasteiger charge is 2.41. The van der Waals surface area contributed by atoms with Gasteiger partial charge in [0.05, 0.1) is 18.0 Å². The number of anilines is 1. The third kappa shape index (κ3) is 6.24. The van der Waals surface area contributed by atoms with Crippen LogP contribution in [0.25, 0.3) is 0 Å². The molecule has 0 fully saturated rings. The molecule has 3 aromatic carbocycles. The third-order valence-corrected chi connectivity index (χ3v) is 8.10. The van der Waals surface area contributed by atoms with E-state index in [1.807, 2.05) is 73.6 Å². The van der Waals surface area contributed by atoms with Crippen LogP contribution in [0.4, 0.5) is 5.69 Å². The predicted octanol–water partition coefficient (Wildman–Crippen LogP) is 5.52. The van der Waals surface area contributed by atoms with Gasteiger partial charge in [0, 0.05) is 34.7 Å². The van der Waals surface area contributed by atoms with Crippen molar-refractivity contribution in [1.82, 2.24) is 4.90 Å². The van der Waals surface area contributed by atoms with E-state index in [2.05, 4.69) is 18.2 Å². The first-order chi connectivity index (χ1) is 17.4. The van der Waals surface area contributed by atoms with Crippen LogP contribution < -0.4 is 9.64 Å². The molecule has 0 bridgehead atoms. The minimum absolute atomic E-state index is 0.220. The van der Waals surface area contributed by atoms with Gasteiger partial charge in [0.2, 0.25) is 0 Å². The minimum Gasteiger partial charge on any atom is -0.497 e. The molecule has 0 saturated heterocycles. The highest BCUT2D eigenvalue weighted by molar-refractivity contribution is 8.00. The van der Waals surface area contributed by atoms with E-state index in [0.717, 1.165) is 31.7 Å². The monoisotopic (exact) mass is 522 g/mol. The summed E-state index contributed by atoms with van der Waals surface area (Å²) in [5.41, 5.74) is 1.72. The fourth-order valence-corrected chi connectivity index (χ4v) is 6.27. The number of methoxy groups -OCH3 is 1. The summed E-state index contributed by atoms with van der Waals surface area (Å²) >= 11 is 3.23. The van der Waals surface area contributed by atoms with E-state index in [9.17, 15) is 9.59 Å². The number of esters is 1. The van der Waals surface area contributed by atoms with Crippen LogP contribution in [-0.2, 0) is 14.3 Å². The number of ether oxygens (including phenoxy) is 2. The number of carbonyl (C=O) groups excluding carboxylic acids is 2. The van der Waals surface area contributed by atoms with Crippen molar-refractivity contribution in [3.8, 4) is 5.75 Å². The van der Waals surface area contributed by atoms with Crippen molar-refractivity contribution < 1.29 is 19.1 Å². The molecule has 0 unspecified atom stereocenters. The summed E-state index contributed by atoms with van der Waals surface area (Å²) < 4.78 is 11.0. The molecule has 188 valence electrons. The fraction of sp³-hybridized carbons (Fsp3) is 0.286. The van der Waals surface area contributed by atoms with Crippen LogP contribution in [0.5, 0.6) is 5.75 Å². The smallest absolute Gasteiger partial charge is 0.303 e. The lowest BCUT2D eigenvalue weighted by Crippen LogP contribution is -2.45. The number of hydrogen-bond donors (Lipinski definition) is 0. The van der Waals surface area contributed by atoms with Gasteiger partial charge in [0.25, 0.3) is 5.91 Å². The minimum atomic E-state index is -0.958. The van der Waals surface area contributed by atoms with Crippen LogP contribution in [-0.4, -0.2) is 57.2 Å². The average Bonchev–Trinajstić information content (AvgIpc) is 2.97. The summed E-state index contributed by atoms with van der Waals surface area (Å²) in [4.78, 5) is 33.0. The molecular formula is C28H30N2O4S2. The second-order valence-corrected chi connectivity index (χ2v) is 11.0. The first-order valence-electron chi connectivity index (χ1n) is 11.7. The van der Waals surface area contributed by atoms with Gasteiger partial charge in [-0.15, -0.1) is 11.8 Å². The number of carbonyl (C=O) groups is 2. The Morgan fingerprint density at radius 3 is 2.39 bits per heavy atom. The molecule has 1 amide bonds. The number of rotatable bonds is 8. The van der Waals surface area contributed by atoms with E-state index in [4.69, 9.17) is 9.47 Å². The van der Waals surface area contributed by atoms with Gasteiger partial charge in [0.1, 0.15) is 5.75 Å². The van der Waals surface area contributed by atoms with Crippen LogP contribution in [0, 0.1) is 0 Å². The summed E-state index contributed by atoms with van der Waals surface area (Å²) in [5, 5.41) is -0.410. The predicted molar refractivity (Wildman–Crippen MR) is 145 cm³/mol. The molecule has 8 heteroatoms. The Hall–Kier alpha value is -2.94. The normalized spacial score (nSPS) is 17.5. The van der Waals surface area contributed by atoms with Crippen molar-refractivity contribution in [1.29, 1.82) is 0 Å². The maximum Gasteiger partial charge on any atom is 0.303 e. The van der Waals surface area contributed by atoms with E-state index in [-0.39, 0.29) is 5.91 Å². The Morgan fingerprint density at radius 2 is 1.75 bits per heavy atom. The highest BCUT2D eigenvalue weighted by Crippen LogP contribution is 2.48. The van der Waals surface area contributed by atoms with Crippen LogP contribution in [0.1, 0.15) is 17.7 Å². The zero-order chi connectivity index (χ0) is 25.7. The summed E-state index contributed by atoms with van der Waals surface area (Å²) in [6.45, 7) is 2.51. The SMILES string of the molecule is COc1ccc([C@@H]2Sc3cc(Sc4ccccc4)ccc3N(CCN(C)C)C(=O)[C@@H]2OC(C)=O)cc1. The first-order valence-corrected chi connectivity index (χ1v) is 13.4. The Balaban J connectivity index is 1.78. The largest absolute Gasteiger partial charge is 0.497 e. The first kappa shape index (κ1) is 26.1. The van der Waals surface area contributed by atoms with E-state index in [1.165, 1.54) is 6.92 Å². The molecule has 0 saturated carbocycles. The molecule has 0 spiro atoms. The molecular weight excluding hydrogens is 492 g/mol. The van der Waals surface area contributed by atoms with Gasteiger partial charge >= 0.3 is 5.97 Å². The number of benzene rings is 3. The number of nitrogens with zero attached hydrogens (tertiary/aromatic N) is 2. The van der Waals surface area contributed by atoms with Gasteiger partial charge in [-0.3, -0.25) is 9.59 Å². The van der Waals surface area contributed by atoms with Crippen LogP contribution >= 0.6 is 23.5 Å². The number of amides is 1. The van der Waals surface area contributed by atoms with Gasteiger partial charge < -0.3 is 19.3 Å². The fourth-order valence-electron chi connectivity index (χ4n) is 3.96. The Morgan fingerprint density at radius 1 is 1.03 bits per heavy atom. The Kier molecular flexibility index (Phi) is 8.61. The lowest BCUT2D eigenvalue weighted by atomic mass is 10.1. The zero-order valence-corrected chi connectivity index (χ0v) is 22.5. The summed E-state index contributed by atoms with van der Waals surface area (Å²) in [6, 6.07) is 23.9. The summed E-state index contributed by atoms with van der Waals surface area (Å²) in [6.07, 6.45) is -0.958. The van der Waals surface area contributed by atoms with Gasteiger partial charge in [-0.1, -0.05) is 42.1 Å². The van der Waals surface area contributed by atoms with E-state index in [1.54, 1.807) is 35.5 Å². The number of thioether (sulfide) groups is 1. The maximum atomic E-state index is 13.9. The summed E-state index contributed by atoms with van der Waals surface area (Å²) in [5.74, 6) is 0.0242. The zero-order valence-electron chi connectivity index (χ0n) is 20.8. The van der Waals surface area contributed by atoms with E-state index < -0.39 is 17.3 Å². The van der Waals surface area contributed by atoms with Crippen molar-refractivity contribution >= 4 is 41.1 Å². The van der Waals surface area contributed by atoms with Crippen molar-refractivity contribution in [2.45, 2.75) is 33.0 Å². The molecule has 0 N–H and O–H groups in total. The molecule has 1 aliphatic heterocycles. The van der Waals surface area contributed by atoms with Gasteiger partial charge in [0.15, 0.2) is 6.10 Å². The maximum absolute atomic E-state index is 13.9. The second kappa shape index (κ2) is 11.9. The molecule has 1 aliphatic rings. The molecule has 4 rings (SSSR count). The third-order valence-electron chi connectivity index (χ3n) is 5.75. The average molecular weight is 523 g/mol. The van der Waals surface area contributed by atoms with Crippen LogP contribution in [0.3, 0.4) is 0 Å². The van der Waals surface area contributed by atoms with Gasteiger partial charge in [-0.2, -0.15) is 0 Å². The molecule has 0 aromatic heterocycles. The van der Waals surface area contributed by atoms with E-state index >= 15 is 0 Å². The molecule has 0 radical (unpaired) electrons. The number of hydrogen-bond acceptors (Lipinski definition) is 7. The van der Waals surface area contributed by atoms with Crippen molar-refractivity contribution in [2.75, 3.05) is 39.2 Å². The second-order valence-electron chi connectivity index (χ2n) is 8.68. The quantitative estimate of drug-likeness (QED) is 0.361. The topological polar surface area (TPSA) is 59.1 Å². The Bertz CT molecular complexity index is 1200. The molecule has 2 atom stereocenters. The molecule has 6 nitrogen and oxygen atoms in total. The van der Waals surface area contributed by atoms with Crippen LogP contribution in [0.15, 0.2) is 87.5 Å². The highest BCUT2D eigenvalue weighted by atomic mass is 32.2. The lowest BCUT2D eigenvalue weighted by Gasteiger charge is -2.28. The van der Waals surface area contributed by atoms with Gasteiger partial charge in [-0.05, 0) is 62.1 Å². The van der Waals surface area contributed by atoms with Crippen molar-refractivity contribution in [3.05, 3.63) is 78.4 Å². The van der Waals surface area contributed by atoms with Crippen molar-refractivity contribution in [3.63, 3.8) is 0 Å². The molecule has 36 heavy (non-hydrogen) atoms. The molecule has 1 heterocycles. The van der Waals surface area contributed by atoms with Gasteiger partial charge in [-0.25, -0.2) is 0 Å². The number of fused-ring (bicyclic) bond motifs is 1. The molecule has 0 aliphatic carbocycles. The standard InChI is InChI=1S/C28H30N2O4S2/c1-19(31)34-26-27(20-10-12-21(33-4)13-11-20)36-25-18-23(35-22-8-6-5-7-9-22)14-15-24(25)30(28(26)32)17-16-29(2)3/h5-15,18,26-27H,16-17H2,1-4H3/t26-,27+/m1/s1. The molecule has 3 aromatic rings. The van der Waals surface area contributed by atoms with E-state index in [0.29, 0.717) is 13.1 Å². The Labute approximate surface area is 221 Å². The van der Waals surface area contributed by atoms with Crippen molar-refractivity contribution in [2.24, 2.45) is 0 Å². The lowest BCUT2D eigenvalue weighted by molar-refractivity contribution is -0.152. The number of likely N-dealkylation sites (N-methyl/N-ethyl adjacent to an activating group) is 1. The van der Waals surface area contributed by atoms with Crippen LogP contribution in [0.2, 0.25) is 0 Å². The summed E-state index contributed by atoms with van der Waals surface area (Å²) in [7, 11) is 5.56.